The molecule has 0 fully saturated rings. The summed E-state index contributed by atoms with van der Waals surface area (Å²) in [6.07, 6.45) is 0.378. The molecule has 0 saturated heterocycles. The van der Waals surface area contributed by atoms with Crippen LogP contribution in [0.5, 0.6) is 0 Å². The zero-order valence-electron chi connectivity index (χ0n) is 9.26. The number of carbonyl (C=O) groups is 1. The Morgan fingerprint density at radius 1 is 1.00 bits per heavy atom. The molecular weight excluding hydrogens is 230 g/mol. The van der Waals surface area contributed by atoms with E-state index in [4.69, 9.17) is 0 Å². The van der Waals surface area contributed by atoms with E-state index in [0.29, 0.717) is 6.42 Å². The Morgan fingerprint density at radius 2 is 1.65 bits per heavy atom. The standard InChI is InChI=1S/C14H13NOS/c16-14(10-11-6-2-1-3-7-11)15-12-8-4-5-9-13(12)17/h1-9,17H,10H2,(H,15,16). The van der Waals surface area contributed by atoms with E-state index >= 15 is 0 Å². The van der Waals surface area contributed by atoms with E-state index in [1.807, 2.05) is 54.6 Å². The summed E-state index contributed by atoms with van der Waals surface area (Å²) in [7, 11) is 0. The molecule has 3 heteroatoms. The van der Waals surface area contributed by atoms with Gasteiger partial charge in [0.25, 0.3) is 0 Å². The number of hydrogen-bond donors (Lipinski definition) is 2. The van der Waals surface area contributed by atoms with Gasteiger partial charge in [0, 0.05) is 4.90 Å². The Bertz CT molecular complexity index is 511. The minimum Gasteiger partial charge on any atom is -0.325 e. The number of carbonyl (C=O) groups excluding carboxylic acids is 1. The summed E-state index contributed by atoms with van der Waals surface area (Å²) >= 11 is 4.28. The van der Waals surface area contributed by atoms with Crippen LogP contribution in [0.2, 0.25) is 0 Å². The zero-order valence-corrected chi connectivity index (χ0v) is 10.2. The van der Waals surface area contributed by atoms with Gasteiger partial charge in [0.2, 0.25) is 5.91 Å². The summed E-state index contributed by atoms with van der Waals surface area (Å²) in [6.45, 7) is 0. The van der Waals surface area contributed by atoms with Crippen LogP contribution < -0.4 is 5.32 Å². The van der Waals surface area contributed by atoms with Crippen LogP contribution in [0.15, 0.2) is 59.5 Å². The van der Waals surface area contributed by atoms with Crippen molar-refractivity contribution in [1.82, 2.24) is 0 Å². The first-order valence-corrected chi connectivity index (χ1v) is 5.82. The Balaban J connectivity index is 2.01. The first-order chi connectivity index (χ1) is 8.25. The van der Waals surface area contributed by atoms with Gasteiger partial charge in [-0.15, -0.1) is 12.6 Å². The fourth-order valence-electron chi connectivity index (χ4n) is 1.55. The average molecular weight is 243 g/mol. The number of anilines is 1. The van der Waals surface area contributed by atoms with E-state index in [9.17, 15) is 4.79 Å². The van der Waals surface area contributed by atoms with Gasteiger partial charge >= 0.3 is 0 Å². The van der Waals surface area contributed by atoms with Gasteiger partial charge in [-0.2, -0.15) is 0 Å². The Labute approximate surface area is 106 Å². The molecule has 0 atom stereocenters. The number of thiol groups is 1. The third-order valence-corrected chi connectivity index (χ3v) is 2.78. The highest BCUT2D eigenvalue weighted by Gasteiger charge is 2.05. The van der Waals surface area contributed by atoms with Crippen LogP contribution in [0, 0.1) is 0 Å². The van der Waals surface area contributed by atoms with Crippen molar-refractivity contribution in [1.29, 1.82) is 0 Å². The van der Waals surface area contributed by atoms with Gasteiger partial charge in [0.1, 0.15) is 0 Å². The number of benzene rings is 2. The molecule has 0 aliphatic carbocycles. The lowest BCUT2D eigenvalue weighted by Crippen LogP contribution is -2.14. The molecule has 2 aromatic carbocycles. The monoisotopic (exact) mass is 243 g/mol. The first-order valence-electron chi connectivity index (χ1n) is 5.37. The second-order valence-electron chi connectivity index (χ2n) is 3.73. The summed E-state index contributed by atoms with van der Waals surface area (Å²) in [4.78, 5) is 12.6. The lowest BCUT2D eigenvalue weighted by Gasteiger charge is -2.07. The molecule has 0 radical (unpaired) electrons. The molecule has 0 aliphatic rings. The number of para-hydroxylation sites is 1. The van der Waals surface area contributed by atoms with Crippen molar-refractivity contribution in [2.24, 2.45) is 0 Å². The maximum absolute atomic E-state index is 11.8. The summed E-state index contributed by atoms with van der Waals surface area (Å²) in [5.41, 5.74) is 1.75. The molecular formula is C14H13NOS. The molecule has 0 aliphatic heterocycles. The number of rotatable bonds is 3. The van der Waals surface area contributed by atoms with Crippen LogP contribution >= 0.6 is 12.6 Å². The maximum atomic E-state index is 11.8. The van der Waals surface area contributed by atoms with Crippen molar-refractivity contribution in [2.45, 2.75) is 11.3 Å². The molecule has 86 valence electrons. The fraction of sp³-hybridized carbons (Fsp3) is 0.0714. The van der Waals surface area contributed by atoms with Crippen molar-refractivity contribution >= 4 is 24.2 Å². The minimum atomic E-state index is -0.0299. The molecule has 0 heterocycles. The average Bonchev–Trinajstić information content (AvgIpc) is 2.33. The molecule has 2 rings (SSSR count). The van der Waals surface area contributed by atoms with Crippen LogP contribution in [-0.2, 0) is 11.2 Å². The van der Waals surface area contributed by atoms with Gasteiger partial charge in [-0.05, 0) is 17.7 Å². The summed E-state index contributed by atoms with van der Waals surface area (Å²) in [6, 6.07) is 17.1. The van der Waals surface area contributed by atoms with Crippen LogP contribution in [0.3, 0.4) is 0 Å². The fourth-order valence-corrected chi connectivity index (χ4v) is 1.77. The Kier molecular flexibility index (Phi) is 3.83. The lowest BCUT2D eigenvalue weighted by molar-refractivity contribution is -0.115. The third-order valence-electron chi connectivity index (χ3n) is 2.39. The normalized spacial score (nSPS) is 9.94. The van der Waals surface area contributed by atoms with Crippen LogP contribution in [0.25, 0.3) is 0 Å². The van der Waals surface area contributed by atoms with E-state index in [1.54, 1.807) is 0 Å². The molecule has 1 amide bonds. The Morgan fingerprint density at radius 3 is 2.35 bits per heavy atom. The van der Waals surface area contributed by atoms with Crippen molar-refractivity contribution in [3.8, 4) is 0 Å². The van der Waals surface area contributed by atoms with Crippen molar-refractivity contribution in [3.63, 3.8) is 0 Å². The van der Waals surface area contributed by atoms with Crippen molar-refractivity contribution in [2.75, 3.05) is 5.32 Å². The topological polar surface area (TPSA) is 29.1 Å². The second-order valence-corrected chi connectivity index (χ2v) is 4.21. The zero-order chi connectivity index (χ0) is 12.1. The predicted octanol–water partition coefficient (Wildman–Crippen LogP) is 3.16. The van der Waals surface area contributed by atoms with E-state index in [0.717, 1.165) is 16.1 Å². The highest BCUT2D eigenvalue weighted by Crippen LogP contribution is 2.18. The van der Waals surface area contributed by atoms with Gasteiger partial charge in [-0.3, -0.25) is 4.79 Å². The lowest BCUT2D eigenvalue weighted by atomic mass is 10.1. The molecule has 0 saturated carbocycles. The third kappa shape index (κ3) is 3.36. The molecule has 0 aromatic heterocycles. The second kappa shape index (κ2) is 5.55. The first kappa shape index (κ1) is 11.7. The van der Waals surface area contributed by atoms with E-state index in [1.165, 1.54) is 0 Å². The van der Waals surface area contributed by atoms with Gasteiger partial charge in [0.05, 0.1) is 12.1 Å². The molecule has 1 N–H and O–H groups in total. The predicted molar refractivity (Wildman–Crippen MR) is 72.5 cm³/mol. The summed E-state index contributed by atoms with van der Waals surface area (Å²) in [5, 5.41) is 2.84. The van der Waals surface area contributed by atoms with Crippen LogP contribution in [0.4, 0.5) is 5.69 Å². The SMILES string of the molecule is O=C(Cc1ccccc1)Nc1ccccc1S. The Hall–Kier alpha value is -1.74. The number of nitrogens with one attached hydrogen (secondary N) is 1. The van der Waals surface area contributed by atoms with E-state index in [2.05, 4.69) is 17.9 Å². The molecule has 2 nitrogen and oxygen atoms in total. The van der Waals surface area contributed by atoms with Gasteiger partial charge in [-0.1, -0.05) is 42.5 Å². The highest BCUT2D eigenvalue weighted by atomic mass is 32.1. The summed E-state index contributed by atoms with van der Waals surface area (Å²) < 4.78 is 0. The largest absolute Gasteiger partial charge is 0.325 e. The van der Waals surface area contributed by atoms with E-state index < -0.39 is 0 Å². The number of hydrogen-bond acceptors (Lipinski definition) is 2. The summed E-state index contributed by atoms with van der Waals surface area (Å²) in [5.74, 6) is -0.0299. The maximum Gasteiger partial charge on any atom is 0.228 e. The van der Waals surface area contributed by atoms with Gasteiger partial charge in [-0.25, -0.2) is 0 Å². The van der Waals surface area contributed by atoms with Crippen molar-refractivity contribution in [3.05, 3.63) is 60.2 Å². The molecule has 0 spiro atoms. The molecule has 17 heavy (non-hydrogen) atoms. The molecule has 2 aromatic rings. The minimum absolute atomic E-state index is 0.0299. The number of amides is 1. The van der Waals surface area contributed by atoms with Gasteiger partial charge in [0.15, 0.2) is 0 Å². The van der Waals surface area contributed by atoms with Gasteiger partial charge < -0.3 is 5.32 Å². The molecule has 0 unspecified atom stereocenters. The van der Waals surface area contributed by atoms with Crippen LogP contribution in [-0.4, -0.2) is 5.91 Å². The van der Waals surface area contributed by atoms with E-state index in [-0.39, 0.29) is 5.91 Å². The smallest absolute Gasteiger partial charge is 0.228 e. The molecule has 0 bridgehead atoms. The van der Waals surface area contributed by atoms with Crippen molar-refractivity contribution < 1.29 is 4.79 Å². The quantitative estimate of drug-likeness (QED) is 0.797. The highest BCUT2D eigenvalue weighted by molar-refractivity contribution is 7.80. The van der Waals surface area contributed by atoms with Crippen LogP contribution in [0.1, 0.15) is 5.56 Å².